The Morgan fingerprint density at radius 3 is 2.00 bits per heavy atom. The lowest BCUT2D eigenvalue weighted by Crippen LogP contribution is -2.10. The van der Waals surface area contributed by atoms with Crippen LogP contribution >= 0.6 is 11.3 Å². The van der Waals surface area contributed by atoms with Crippen molar-refractivity contribution in [3.05, 3.63) is 176 Å². The van der Waals surface area contributed by atoms with Crippen molar-refractivity contribution in [1.29, 1.82) is 0 Å². The number of para-hydroxylation sites is 3. The van der Waals surface area contributed by atoms with E-state index < -0.39 is 0 Å². The quantitative estimate of drug-likeness (QED) is 0.177. The minimum absolute atomic E-state index is 0.576. The standard InChI is InChI=1S/C49H29N3O2S/c1-3-13-30(14-4-1)49-50-39-29-42(48-46(47(39)54-49)36-19-8-11-21-43(36)53-48)51(33-24-26-45-38(28-33)35-18-9-12-22-44(35)55-45)32-23-25-41-37(27-32)34-17-7-10-20-40(34)52(41)31-15-5-2-6-16-31/h1-29H. The number of oxazole rings is 1. The molecule has 4 aromatic heterocycles. The van der Waals surface area contributed by atoms with Crippen molar-refractivity contribution in [2.75, 3.05) is 4.90 Å². The molecule has 0 aliphatic carbocycles. The van der Waals surface area contributed by atoms with Gasteiger partial charge in [-0.3, -0.25) is 0 Å². The van der Waals surface area contributed by atoms with E-state index in [0.717, 1.165) is 66.8 Å². The number of fused-ring (bicyclic) bond motifs is 11. The molecule has 4 heterocycles. The lowest BCUT2D eigenvalue weighted by atomic mass is 10.1. The van der Waals surface area contributed by atoms with Crippen molar-refractivity contribution >= 4 is 103 Å². The molecule has 0 amide bonds. The molecule has 0 saturated heterocycles. The van der Waals surface area contributed by atoms with Gasteiger partial charge in [-0.15, -0.1) is 11.3 Å². The maximum absolute atomic E-state index is 6.86. The highest BCUT2D eigenvalue weighted by molar-refractivity contribution is 7.25. The Morgan fingerprint density at radius 1 is 0.491 bits per heavy atom. The van der Waals surface area contributed by atoms with Gasteiger partial charge in [0.05, 0.1) is 22.1 Å². The summed E-state index contributed by atoms with van der Waals surface area (Å²) in [6, 6.07) is 61.9. The smallest absolute Gasteiger partial charge is 0.227 e. The monoisotopic (exact) mass is 723 g/mol. The zero-order chi connectivity index (χ0) is 36.0. The maximum atomic E-state index is 6.86. The Bertz CT molecular complexity index is 3450. The van der Waals surface area contributed by atoms with E-state index in [1.165, 1.54) is 30.9 Å². The SMILES string of the molecule is c1ccc(-c2nc3cc(N(c4ccc5sc6ccccc6c5c4)c4ccc5c(c4)c4ccccc4n5-c4ccccc4)c4oc5ccccc5c4c3o2)cc1. The molecule has 0 spiro atoms. The number of thiophene rings is 1. The van der Waals surface area contributed by atoms with Crippen LogP contribution in [-0.2, 0) is 0 Å². The second kappa shape index (κ2) is 11.7. The van der Waals surface area contributed by atoms with Crippen LogP contribution in [0, 0.1) is 0 Å². The number of anilines is 3. The van der Waals surface area contributed by atoms with Crippen LogP contribution in [0.4, 0.5) is 17.1 Å². The molecule has 0 unspecified atom stereocenters. The summed E-state index contributed by atoms with van der Waals surface area (Å²) in [4.78, 5) is 7.46. The summed E-state index contributed by atoms with van der Waals surface area (Å²) in [5.41, 5.74) is 10.3. The van der Waals surface area contributed by atoms with Crippen LogP contribution in [0.3, 0.4) is 0 Å². The highest BCUT2D eigenvalue weighted by atomic mass is 32.1. The van der Waals surface area contributed by atoms with Gasteiger partial charge in [-0.05, 0) is 84.9 Å². The summed E-state index contributed by atoms with van der Waals surface area (Å²) in [7, 11) is 0. The summed E-state index contributed by atoms with van der Waals surface area (Å²) in [5.74, 6) is 0.576. The number of nitrogens with zero attached hydrogens (tertiary/aromatic N) is 3. The van der Waals surface area contributed by atoms with Gasteiger partial charge < -0.3 is 18.3 Å². The number of aromatic nitrogens is 2. The van der Waals surface area contributed by atoms with Gasteiger partial charge in [0.2, 0.25) is 5.89 Å². The lowest BCUT2D eigenvalue weighted by Gasteiger charge is -2.26. The third-order valence-corrected chi connectivity index (χ3v) is 11.9. The van der Waals surface area contributed by atoms with Crippen LogP contribution < -0.4 is 4.90 Å². The van der Waals surface area contributed by atoms with Gasteiger partial charge >= 0.3 is 0 Å². The molecule has 0 N–H and O–H groups in total. The number of furan rings is 1. The van der Waals surface area contributed by atoms with Gasteiger partial charge in [0.25, 0.3) is 0 Å². The highest BCUT2D eigenvalue weighted by Crippen LogP contribution is 2.48. The molecule has 258 valence electrons. The number of hydrogen-bond acceptors (Lipinski definition) is 5. The van der Waals surface area contributed by atoms with Gasteiger partial charge in [-0.1, -0.05) is 91.0 Å². The predicted molar refractivity (Wildman–Crippen MR) is 229 cm³/mol. The van der Waals surface area contributed by atoms with Gasteiger partial charge in [-0.2, -0.15) is 0 Å². The van der Waals surface area contributed by atoms with Crippen LogP contribution in [-0.4, -0.2) is 9.55 Å². The first-order chi connectivity index (χ1) is 27.3. The third-order valence-electron chi connectivity index (χ3n) is 10.8. The molecule has 0 radical (unpaired) electrons. The fourth-order valence-electron chi connectivity index (χ4n) is 8.36. The summed E-state index contributed by atoms with van der Waals surface area (Å²) in [5, 5.41) is 6.72. The molecule has 0 fully saturated rings. The van der Waals surface area contributed by atoms with E-state index >= 15 is 0 Å². The molecule has 0 bridgehead atoms. The molecule has 0 aliphatic rings. The molecule has 8 aromatic carbocycles. The molecule has 12 rings (SSSR count). The molecule has 12 aromatic rings. The Labute approximate surface area is 318 Å². The molecule has 0 atom stereocenters. The molecule has 6 heteroatoms. The van der Waals surface area contributed by atoms with Gasteiger partial charge in [-0.25, -0.2) is 4.98 Å². The third kappa shape index (κ3) is 4.55. The van der Waals surface area contributed by atoms with Gasteiger partial charge in [0.1, 0.15) is 11.1 Å². The molecule has 5 nitrogen and oxygen atoms in total. The van der Waals surface area contributed by atoms with E-state index in [0.29, 0.717) is 11.5 Å². The summed E-state index contributed by atoms with van der Waals surface area (Å²) in [6.07, 6.45) is 0. The average Bonchev–Trinajstić information content (AvgIpc) is 4.02. The summed E-state index contributed by atoms with van der Waals surface area (Å²) >= 11 is 1.82. The summed E-state index contributed by atoms with van der Waals surface area (Å²) in [6.45, 7) is 0. The second-order valence-corrected chi connectivity index (χ2v) is 15.0. The Hall–Kier alpha value is -7.15. The van der Waals surface area contributed by atoms with Crippen molar-refractivity contribution in [3.8, 4) is 17.1 Å². The minimum Gasteiger partial charge on any atom is -0.454 e. The fraction of sp³-hybridized carbons (Fsp3) is 0. The van der Waals surface area contributed by atoms with E-state index in [4.69, 9.17) is 13.8 Å². The average molecular weight is 724 g/mol. The predicted octanol–water partition coefficient (Wildman–Crippen LogP) is 14.3. The van der Waals surface area contributed by atoms with E-state index in [-0.39, 0.29) is 0 Å². The zero-order valence-corrected chi connectivity index (χ0v) is 30.1. The van der Waals surface area contributed by atoms with Crippen molar-refractivity contribution in [1.82, 2.24) is 9.55 Å². The highest BCUT2D eigenvalue weighted by Gasteiger charge is 2.26. The van der Waals surface area contributed by atoms with E-state index in [1.54, 1.807) is 0 Å². The lowest BCUT2D eigenvalue weighted by molar-refractivity contribution is 0.622. The van der Waals surface area contributed by atoms with Crippen molar-refractivity contribution in [3.63, 3.8) is 0 Å². The second-order valence-electron chi connectivity index (χ2n) is 13.9. The maximum Gasteiger partial charge on any atom is 0.227 e. The molecular formula is C49H29N3O2S. The largest absolute Gasteiger partial charge is 0.454 e. The van der Waals surface area contributed by atoms with Gasteiger partial charge in [0, 0.05) is 59.0 Å². The van der Waals surface area contributed by atoms with Crippen molar-refractivity contribution in [2.45, 2.75) is 0 Å². The van der Waals surface area contributed by atoms with Crippen molar-refractivity contribution < 1.29 is 8.83 Å². The van der Waals surface area contributed by atoms with Crippen LogP contribution in [0.25, 0.3) is 92.2 Å². The van der Waals surface area contributed by atoms with E-state index in [1.807, 2.05) is 59.9 Å². The zero-order valence-electron chi connectivity index (χ0n) is 29.3. The normalized spacial score (nSPS) is 12.0. The van der Waals surface area contributed by atoms with Crippen molar-refractivity contribution in [2.24, 2.45) is 0 Å². The fourth-order valence-corrected chi connectivity index (χ4v) is 9.45. The van der Waals surface area contributed by atoms with Gasteiger partial charge in [0.15, 0.2) is 11.2 Å². The molecule has 55 heavy (non-hydrogen) atoms. The molecular weight excluding hydrogens is 695 g/mol. The first-order valence-corrected chi connectivity index (χ1v) is 19.2. The minimum atomic E-state index is 0.576. The van der Waals surface area contributed by atoms with Crippen LogP contribution in [0.2, 0.25) is 0 Å². The first kappa shape index (κ1) is 30.3. The van der Waals surface area contributed by atoms with Crippen LogP contribution in [0.5, 0.6) is 0 Å². The Balaban J connectivity index is 1.18. The van der Waals surface area contributed by atoms with Crippen LogP contribution in [0.1, 0.15) is 0 Å². The van der Waals surface area contributed by atoms with E-state index in [2.05, 4.69) is 137 Å². The number of benzene rings is 8. The molecule has 0 aliphatic heterocycles. The Kier molecular flexibility index (Phi) is 6.44. The molecule has 0 saturated carbocycles. The topological polar surface area (TPSA) is 47.3 Å². The van der Waals surface area contributed by atoms with E-state index in [9.17, 15) is 0 Å². The number of rotatable bonds is 5. The Morgan fingerprint density at radius 2 is 1.15 bits per heavy atom. The summed E-state index contributed by atoms with van der Waals surface area (Å²) < 4.78 is 18.4. The van der Waals surface area contributed by atoms with Crippen LogP contribution in [0.15, 0.2) is 185 Å². The first-order valence-electron chi connectivity index (χ1n) is 18.4. The number of hydrogen-bond donors (Lipinski definition) is 0.